The third-order valence-electron chi connectivity index (χ3n) is 2.09. The van der Waals surface area contributed by atoms with Gasteiger partial charge in [0.1, 0.15) is 10.2 Å². The summed E-state index contributed by atoms with van der Waals surface area (Å²) >= 11 is 12.7. The SMILES string of the molecule is CC(CNC(=O)c1cc(Cl)sc1Cl)/C(N)=N/O. The van der Waals surface area contributed by atoms with Gasteiger partial charge in [0.15, 0.2) is 0 Å². The summed E-state index contributed by atoms with van der Waals surface area (Å²) in [5.74, 6) is -0.549. The third kappa shape index (κ3) is 3.76. The number of nitrogens with zero attached hydrogens (tertiary/aromatic N) is 1. The van der Waals surface area contributed by atoms with Gasteiger partial charge in [-0.25, -0.2) is 0 Å². The number of amidine groups is 1. The first-order valence-corrected chi connectivity index (χ1v) is 6.23. The van der Waals surface area contributed by atoms with Gasteiger partial charge in [-0.1, -0.05) is 35.3 Å². The van der Waals surface area contributed by atoms with Crippen LogP contribution in [0.25, 0.3) is 0 Å². The molecule has 0 fully saturated rings. The first-order chi connectivity index (χ1) is 7.95. The van der Waals surface area contributed by atoms with Crippen LogP contribution in [0.4, 0.5) is 0 Å². The van der Waals surface area contributed by atoms with Crippen LogP contribution in [-0.4, -0.2) is 23.5 Å². The average Bonchev–Trinajstić information content (AvgIpc) is 2.63. The van der Waals surface area contributed by atoms with Crippen molar-refractivity contribution in [3.05, 3.63) is 20.3 Å². The molecule has 4 N–H and O–H groups in total. The van der Waals surface area contributed by atoms with Crippen molar-refractivity contribution in [3.63, 3.8) is 0 Å². The highest BCUT2D eigenvalue weighted by molar-refractivity contribution is 7.20. The second-order valence-corrected chi connectivity index (χ2v) is 5.66. The summed E-state index contributed by atoms with van der Waals surface area (Å²) in [4.78, 5) is 11.7. The minimum Gasteiger partial charge on any atom is -0.409 e. The largest absolute Gasteiger partial charge is 0.409 e. The molecule has 94 valence electrons. The van der Waals surface area contributed by atoms with E-state index < -0.39 is 0 Å². The number of thiophene rings is 1. The number of carbonyl (C=O) groups is 1. The molecule has 0 saturated carbocycles. The van der Waals surface area contributed by atoms with E-state index in [1.807, 2.05) is 0 Å². The van der Waals surface area contributed by atoms with Crippen LogP contribution in [0.5, 0.6) is 0 Å². The van der Waals surface area contributed by atoms with E-state index in [0.29, 0.717) is 14.2 Å². The summed E-state index contributed by atoms with van der Waals surface area (Å²) in [5, 5.41) is 13.9. The quantitative estimate of drug-likeness (QED) is 0.344. The van der Waals surface area contributed by atoms with E-state index >= 15 is 0 Å². The van der Waals surface area contributed by atoms with Gasteiger partial charge in [0.2, 0.25) is 0 Å². The second-order valence-electron chi connectivity index (χ2n) is 3.37. The lowest BCUT2D eigenvalue weighted by Crippen LogP contribution is -2.34. The van der Waals surface area contributed by atoms with Gasteiger partial charge in [-0.05, 0) is 6.07 Å². The van der Waals surface area contributed by atoms with Gasteiger partial charge in [-0.2, -0.15) is 0 Å². The highest BCUT2D eigenvalue weighted by Gasteiger charge is 2.15. The van der Waals surface area contributed by atoms with Crippen LogP contribution < -0.4 is 11.1 Å². The Morgan fingerprint density at radius 3 is 2.82 bits per heavy atom. The van der Waals surface area contributed by atoms with E-state index in [1.165, 1.54) is 6.07 Å². The topological polar surface area (TPSA) is 87.7 Å². The number of nitrogens with one attached hydrogen (secondary N) is 1. The van der Waals surface area contributed by atoms with Crippen LogP contribution in [0.3, 0.4) is 0 Å². The lowest BCUT2D eigenvalue weighted by molar-refractivity contribution is 0.0951. The van der Waals surface area contributed by atoms with Gasteiger partial charge in [0.05, 0.1) is 9.90 Å². The van der Waals surface area contributed by atoms with E-state index in [0.717, 1.165) is 11.3 Å². The molecule has 0 bridgehead atoms. The number of halogens is 2. The maximum Gasteiger partial charge on any atom is 0.253 e. The standard InChI is InChI=1S/C9H11Cl2N3O2S/c1-4(8(12)14-16)3-13-9(15)5-2-6(10)17-7(5)11/h2,4,16H,3H2,1H3,(H2,12,14)(H,13,15). The van der Waals surface area contributed by atoms with E-state index in [-0.39, 0.29) is 24.2 Å². The molecule has 1 atom stereocenters. The Labute approximate surface area is 112 Å². The van der Waals surface area contributed by atoms with Crippen molar-refractivity contribution in [2.45, 2.75) is 6.92 Å². The van der Waals surface area contributed by atoms with Crippen LogP contribution in [0.2, 0.25) is 8.67 Å². The molecule has 1 amide bonds. The third-order valence-corrected chi connectivity index (χ3v) is 3.58. The molecule has 1 heterocycles. The molecule has 1 unspecified atom stereocenters. The maximum absolute atomic E-state index is 11.7. The minimum absolute atomic E-state index is 0.0553. The molecular weight excluding hydrogens is 285 g/mol. The molecule has 1 aromatic rings. The van der Waals surface area contributed by atoms with Crippen molar-refractivity contribution in [2.75, 3.05) is 6.54 Å². The first kappa shape index (κ1) is 14.1. The van der Waals surface area contributed by atoms with E-state index in [4.69, 9.17) is 34.1 Å². The molecule has 1 rings (SSSR count). The summed E-state index contributed by atoms with van der Waals surface area (Å²) in [5.41, 5.74) is 5.71. The summed E-state index contributed by atoms with van der Waals surface area (Å²) in [6, 6.07) is 1.50. The van der Waals surface area contributed by atoms with Gasteiger partial charge >= 0.3 is 0 Å². The number of nitrogens with two attached hydrogens (primary N) is 1. The summed E-state index contributed by atoms with van der Waals surface area (Å²) in [6.45, 7) is 1.97. The molecular formula is C9H11Cl2N3O2S. The number of hydrogen-bond donors (Lipinski definition) is 3. The number of amides is 1. The van der Waals surface area contributed by atoms with Crippen molar-refractivity contribution < 1.29 is 10.0 Å². The zero-order valence-corrected chi connectivity index (χ0v) is 11.2. The number of hydrogen-bond acceptors (Lipinski definition) is 4. The Hall–Kier alpha value is -0.980. The fourth-order valence-electron chi connectivity index (χ4n) is 1.04. The monoisotopic (exact) mass is 295 g/mol. The second kappa shape index (κ2) is 6.09. The molecule has 0 aliphatic heterocycles. The molecule has 5 nitrogen and oxygen atoms in total. The Bertz CT molecular complexity index is 447. The predicted octanol–water partition coefficient (Wildman–Crippen LogP) is 2.17. The van der Waals surface area contributed by atoms with Crippen molar-refractivity contribution in [1.82, 2.24) is 5.32 Å². The number of carbonyl (C=O) groups excluding carboxylic acids is 1. The van der Waals surface area contributed by atoms with Gasteiger partial charge in [0, 0.05) is 12.5 Å². The minimum atomic E-state index is -0.337. The van der Waals surface area contributed by atoms with Crippen molar-refractivity contribution >= 4 is 46.3 Å². The van der Waals surface area contributed by atoms with E-state index in [1.54, 1.807) is 6.92 Å². The molecule has 0 radical (unpaired) electrons. The Kier molecular flexibility index (Phi) is 5.04. The van der Waals surface area contributed by atoms with Crippen LogP contribution in [0.1, 0.15) is 17.3 Å². The molecule has 0 spiro atoms. The highest BCUT2D eigenvalue weighted by atomic mass is 35.5. The van der Waals surface area contributed by atoms with Crippen LogP contribution in [0.15, 0.2) is 11.2 Å². The van der Waals surface area contributed by atoms with Gasteiger partial charge in [-0.15, -0.1) is 11.3 Å². The lowest BCUT2D eigenvalue weighted by Gasteiger charge is -2.10. The molecule has 0 aromatic carbocycles. The average molecular weight is 296 g/mol. The maximum atomic E-state index is 11.7. The Morgan fingerprint density at radius 1 is 1.71 bits per heavy atom. The fraction of sp³-hybridized carbons (Fsp3) is 0.333. The molecule has 0 saturated heterocycles. The summed E-state index contributed by atoms with van der Waals surface area (Å²) in [7, 11) is 0. The number of oxime groups is 1. The Balaban J connectivity index is 2.59. The van der Waals surface area contributed by atoms with E-state index in [9.17, 15) is 4.79 Å². The van der Waals surface area contributed by atoms with Crippen LogP contribution in [-0.2, 0) is 0 Å². The summed E-state index contributed by atoms with van der Waals surface area (Å²) < 4.78 is 0.786. The Morgan fingerprint density at radius 2 is 2.35 bits per heavy atom. The molecule has 17 heavy (non-hydrogen) atoms. The van der Waals surface area contributed by atoms with Crippen molar-refractivity contribution in [3.8, 4) is 0 Å². The number of rotatable bonds is 4. The highest BCUT2D eigenvalue weighted by Crippen LogP contribution is 2.30. The lowest BCUT2D eigenvalue weighted by atomic mass is 10.1. The van der Waals surface area contributed by atoms with Gasteiger partial charge in [-0.3, -0.25) is 4.79 Å². The molecule has 1 aromatic heterocycles. The van der Waals surface area contributed by atoms with Gasteiger partial charge in [0.25, 0.3) is 5.91 Å². The van der Waals surface area contributed by atoms with Crippen LogP contribution in [0, 0.1) is 5.92 Å². The first-order valence-electron chi connectivity index (χ1n) is 4.66. The summed E-state index contributed by atoms with van der Waals surface area (Å²) in [6.07, 6.45) is 0. The predicted molar refractivity (Wildman–Crippen MR) is 69.2 cm³/mol. The molecule has 8 heteroatoms. The smallest absolute Gasteiger partial charge is 0.253 e. The van der Waals surface area contributed by atoms with Crippen molar-refractivity contribution in [2.24, 2.45) is 16.8 Å². The van der Waals surface area contributed by atoms with E-state index in [2.05, 4.69) is 10.5 Å². The van der Waals surface area contributed by atoms with Crippen molar-refractivity contribution in [1.29, 1.82) is 0 Å². The zero-order valence-electron chi connectivity index (χ0n) is 8.91. The molecule has 0 aliphatic rings. The fourth-order valence-corrected chi connectivity index (χ4v) is 2.50. The normalized spacial score (nSPS) is 13.5. The molecule has 0 aliphatic carbocycles. The van der Waals surface area contributed by atoms with Crippen LogP contribution >= 0.6 is 34.5 Å². The van der Waals surface area contributed by atoms with Gasteiger partial charge < -0.3 is 16.3 Å². The zero-order chi connectivity index (χ0) is 13.0.